The van der Waals surface area contributed by atoms with Crippen LogP contribution in [-0.2, 0) is 4.79 Å². The number of carbonyl (C=O) groups is 1. The van der Waals surface area contributed by atoms with Crippen molar-refractivity contribution in [3.63, 3.8) is 0 Å². The smallest absolute Gasteiger partial charge is 0.243 e. The Morgan fingerprint density at radius 2 is 2.30 bits per heavy atom. The highest BCUT2D eigenvalue weighted by Crippen LogP contribution is 2.38. The lowest BCUT2D eigenvalue weighted by Crippen LogP contribution is -2.57. The summed E-state index contributed by atoms with van der Waals surface area (Å²) in [4.78, 5) is 12.1. The molecule has 0 bridgehead atoms. The number of methoxy groups -OCH3 is 1. The number of ether oxygens (including phenoxy) is 1. The second-order valence-corrected chi connectivity index (χ2v) is 5.54. The van der Waals surface area contributed by atoms with Gasteiger partial charge < -0.3 is 15.8 Å². The predicted molar refractivity (Wildman–Crippen MR) is 80.8 cm³/mol. The fourth-order valence-electron chi connectivity index (χ4n) is 3.31. The summed E-state index contributed by atoms with van der Waals surface area (Å²) in [6.07, 6.45) is 5.03. The van der Waals surface area contributed by atoms with Gasteiger partial charge in [-0.2, -0.15) is 0 Å². The first-order chi connectivity index (χ1) is 9.62. The third-order valence-electron chi connectivity index (χ3n) is 4.44. The average molecular weight is 276 g/mol. The summed E-state index contributed by atoms with van der Waals surface area (Å²) >= 11 is 0. The van der Waals surface area contributed by atoms with Crippen LogP contribution in [0.25, 0.3) is 0 Å². The molecule has 0 aliphatic heterocycles. The van der Waals surface area contributed by atoms with Gasteiger partial charge >= 0.3 is 0 Å². The van der Waals surface area contributed by atoms with Gasteiger partial charge in [-0.15, -0.1) is 0 Å². The van der Waals surface area contributed by atoms with Crippen LogP contribution in [0.1, 0.15) is 39.0 Å². The Labute approximate surface area is 120 Å². The molecule has 110 valence electrons. The summed E-state index contributed by atoms with van der Waals surface area (Å²) in [7, 11) is 1.64. The monoisotopic (exact) mass is 276 g/mol. The minimum Gasteiger partial charge on any atom is -0.497 e. The molecule has 3 N–H and O–H groups in total. The second kappa shape index (κ2) is 6.16. The number of amides is 1. The molecule has 0 aromatic heterocycles. The number of hydrogen-bond donors (Lipinski definition) is 2. The lowest BCUT2D eigenvalue weighted by atomic mass is 9.70. The first-order valence-corrected chi connectivity index (χ1v) is 7.34. The van der Waals surface area contributed by atoms with E-state index < -0.39 is 5.54 Å². The van der Waals surface area contributed by atoms with Crippen LogP contribution in [0.3, 0.4) is 0 Å². The minimum absolute atomic E-state index is 0.244. The van der Waals surface area contributed by atoms with Gasteiger partial charge in [-0.25, -0.2) is 0 Å². The Morgan fingerprint density at radius 1 is 1.50 bits per heavy atom. The van der Waals surface area contributed by atoms with Gasteiger partial charge in [-0.3, -0.25) is 4.79 Å². The minimum atomic E-state index is -0.626. The Kier molecular flexibility index (Phi) is 4.53. The molecular formula is C16H24N2O2. The van der Waals surface area contributed by atoms with E-state index in [4.69, 9.17) is 10.5 Å². The molecule has 2 atom stereocenters. The zero-order valence-electron chi connectivity index (χ0n) is 12.3. The molecule has 1 aromatic carbocycles. The highest BCUT2D eigenvalue weighted by Gasteiger charge is 2.44. The van der Waals surface area contributed by atoms with Crippen LogP contribution in [-0.4, -0.2) is 18.6 Å². The summed E-state index contributed by atoms with van der Waals surface area (Å²) in [5.74, 6) is 0.824. The summed E-state index contributed by atoms with van der Waals surface area (Å²) in [6, 6.07) is 7.67. The average Bonchev–Trinajstić information content (AvgIpc) is 2.47. The second-order valence-electron chi connectivity index (χ2n) is 5.54. The molecule has 0 heterocycles. The highest BCUT2D eigenvalue weighted by molar-refractivity contribution is 5.88. The molecule has 4 nitrogen and oxygen atoms in total. The number of nitrogens with one attached hydrogen (secondary N) is 1. The van der Waals surface area contributed by atoms with Gasteiger partial charge in [-0.05, 0) is 30.9 Å². The fourth-order valence-corrected chi connectivity index (χ4v) is 3.31. The maximum Gasteiger partial charge on any atom is 0.243 e. The standard InChI is InChI=1S/C16H24N2O2/c1-3-12-7-4-5-10-16(12,15(17)19)18-13-8-6-9-14(11-13)20-2/h6,8-9,11-12,18H,3-5,7,10H2,1-2H3,(H2,17,19). The first kappa shape index (κ1) is 14.7. The summed E-state index contributed by atoms with van der Waals surface area (Å²) in [5, 5.41) is 3.42. The van der Waals surface area contributed by atoms with E-state index in [1.54, 1.807) is 7.11 Å². The van der Waals surface area contributed by atoms with E-state index in [1.807, 2.05) is 24.3 Å². The van der Waals surface area contributed by atoms with Crippen molar-refractivity contribution in [1.82, 2.24) is 0 Å². The molecule has 2 unspecified atom stereocenters. The van der Waals surface area contributed by atoms with E-state index in [0.717, 1.165) is 37.1 Å². The Hall–Kier alpha value is -1.71. The zero-order chi connectivity index (χ0) is 14.6. The van der Waals surface area contributed by atoms with Crippen LogP contribution in [0.15, 0.2) is 24.3 Å². The predicted octanol–water partition coefficient (Wildman–Crippen LogP) is 2.93. The number of nitrogens with two attached hydrogens (primary N) is 1. The molecule has 0 spiro atoms. The van der Waals surface area contributed by atoms with Gasteiger partial charge in [0.1, 0.15) is 11.3 Å². The van der Waals surface area contributed by atoms with Gasteiger partial charge in [0, 0.05) is 11.8 Å². The topological polar surface area (TPSA) is 64.3 Å². The molecule has 0 radical (unpaired) electrons. The van der Waals surface area contributed by atoms with E-state index >= 15 is 0 Å². The third-order valence-corrected chi connectivity index (χ3v) is 4.44. The molecular weight excluding hydrogens is 252 g/mol. The van der Waals surface area contributed by atoms with Gasteiger partial charge in [0.15, 0.2) is 0 Å². The maximum atomic E-state index is 12.1. The summed E-state index contributed by atoms with van der Waals surface area (Å²) in [6.45, 7) is 2.13. The molecule has 4 heteroatoms. The molecule has 1 amide bonds. The quantitative estimate of drug-likeness (QED) is 0.869. The Balaban J connectivity index is 2.30. The number of benzene rings is 1. The van der Waals surface area contributed by atoms with Crippen molar-refractivity contribution in [3.05, 3.63) is 24.3 Å². The highest BCUT2D eigenvalue weighted by atomic mass is 16.5. The van der Waals surface area contributed by atoms with Crippen molar-refractivity contribution >= 4 is 11.6 Å². The van der Waals surface area contributed by atoms with Crippen molar-refractivity contribution < 1.29 is 9.53 Å². The largest absolute Gasteiger partial charge is 0.497 e. The lowest BCUT2D eigenvalue weighted by Gasteiger charge is -2.42. The molecule has 1 aromatic rings. The fraction of sp³-hybridized carbons (Fsp3) is 0.562. The molecule has 20 heavy (non-hydrogen) atoms. The van der Waals surface area contributed by atoms with E-state index in [2.05, 4.69) is 12.2 Å². The van der Waals surface area contributed by atoms with Crippen LogP contribution >= 0.6 is 0 Å². The number of carbonyl (C=O) groups excluding carboxylic acids is 1. The maximum absolute atomic E-state index is 12.1. The van der Waals surface area contributed by atoms with Crippen LogP contribution in [0.5, 0.6) is 5.75 Å². The van der Waals surface area contributed by atoms with Gasteiger partial charge in [-0.1, -0.05) is 32.3 Å². The van der Waals surface area contributed by atoms with Gasteiger partial charge in [0.25, 0.3) is 0 Å². The zero-order valence-corrected chi connectivity index (χ0v) is 12.3. The van der Waals surface area contributed by atoms with Crippen molar-refractivity contribution in [2.45, 2.75) is 44.6 Å². The number of primary amides is 1. The van der Waals surface area contributed by atoms with Crippen molar-refractivity contribution in [3.8, 4) is 5.75 Å². The number of rotatable bonds is 5. The van der Waals surface area contributed by atoms with Crippen molar-refractivity contribution in [2.75, 3.05) is 12.4 Å². The molecule has 0 saturated heterocycles. The Morgan fingerprint density at radius 3 is 2.95 bits per heavy atom. The lowest BCUT2D eigenvalue weighted by molar-refractivity contribution is -0.125. The van der Waals surface area contributed by atoms with E-state index in [1.165, 1.54) is 6.42 Å². The van der Waals surface area contributed by atoms with Crippen LogP contribution in [0.4, 0.5) is 5.69 Å². The molecule has 1 aliphatic carbocycles. The van der Waals surface area contributed by atoms with Crippen LogP contribution in [0, 0.1) is 5.92 Å². The van der Waals surface area contributed by atoms with E-state index in [9.17, 15) is 4.79 Å². The molecule has 1 fully saturated rings. The molecule has 1 aliphatic rings. The van der Waals surface area contributed by atoms with E-state index in [-0.39, 0.29) is 5.91 Å². The first-order valence-electron chi connectivity index (χ1n) is 7.34. The number of anilines is 1. The summed E-state index contributed by atoms with van der Waals surface area (Å²) in [5.41, 5.74) is 6.02. The van der Waals surface area contributed by atoms with Gasteiger partial charge in [0.05, 0.1) is 7.11 Å². The van der Waals surface area contributed by atoms with Crippen LogP contribution in [0.2, 0.25) is 0 Å². The normalized spacial score (nSPS) is 26.0. The van der Waals surface area contributed by atoms with Crippen LogP contribution < -0.4 is 15.8 Å². The summed E-state index contributed by atoms with van der Waals surface area (Å²) < 4.78 is 5.23. The molecule has 1 saturated carbocycles. The van der Waals surface area contributed by atoms with Crippen molar-refractivity contribution in [1.29, 1.82) is 0 Å². The SMILES string of the molecule is CCC1CCCCC1(Nc1cccc(OC)c1)C(N)=O. The number of hydrogen-bond acceptors (Lipinski definition) is 3. The van der Waals surface area contributed by atoms with Crippen molar-refractivity contribution in [2.24, 2.45) is 11.7 Å². The third kappa shape index (κ3) is 2.74. The van der Waals surface area contributed by atoms with E-state index in [0.29, 0.717) is 5.92 Å². The molecule has 2 rings (SSSR count). The van der Waals surface area contributed by atoms with Gasteiger partial charge in [0.2, 0.25) is 5.91 Å². The Bertz CT molecular complexity index is 475.